The van der Waals surface area contributed by atoms with Gasteiger partial charge in [0.1, 0.15) is 6.33 Å². The number of nitrogens with zero attached hydrogens (tertiary/aromatic N) is 4. The molecule has 0 atom stereocenters. The highest BCUT2D eigenvalue weighted by atomic mass is 35.5. The number of benzene rings is 2. The highest BCUT2D eigenvalue weighted by Gasteiger charge is 2.16. The van der Waals surface area contributed by atoms with Gasteiger partial charge in [0.25, 0.3) is 0 Å². The second-order valence-corrected chi connectivity index (χ2v) is 7.44. The van der Waals surface area contributed by atoms with Crippen molar-refractivity contribution in [3.05, 3.63) is 71.0 Å². The normalized spacial score (nSPS) is 11.2. The number of halogens is 1. The van der Waals surface area contributed by atoms with E-state index in [2.05, 4.69) is 32.7 Å². The molecule has 0 aliphatic rings. The van der Waals surface area contributed by atoms with Crippen molar-refractivity contribution in [1.29, 1.82) is 0 Å². The molecule has 0 fully saturated rings. The Hall–Kier alpha value is -2.57. The van der Waals surface area contributed by atoms with Gasteiger partial charge in [-0.2, -0.15) is 0 Å². The average Bonchev–Trinajstić information content (AvgIpc) is 2.94. The van der Waals surface area contributed by atoms with E-state index in [1.807, 2.05) is 37.3 Å². The summed E-state index contributed by atoms with van der Waals surface area (Å²) in [4.78, 5) is 14.2. The molecule has 26 heavy (non-hydrogen) atoms. The van der Waals surface area contributed by atoms with Crippen LogP contribution in [0.2, 0.25) is 5.02 Å². The van der Waals surface area contributed by atoms with E-state index < -0.39 is 0 Å². The van der Waals surface area contributed by atoms with Crippen LogP contribution >= 0.6 is 23.4 Å². The molecular weight excluding hydrogens is 366 g/mol. The molecule has 130 valence electrons. The number of anilines is 1. The molecule has 0 radical (unpaired) electrons. The van der Waals surface area contributed by atoms with Crippen LogP contribution in [0.3, 0.4) is 0 Å². The van der Waals surface area contributed by atoms with E-state index in [9.17, 15) is 0 Å². The van der Waals surface area contributed by atoms with Crippen LogP contribution in [0.15, 0.2) is 64.9 Å². The lowest BCUT2D eigenvalue weighted by Crippen LogP contribution is -2.03. The minimum Gasteiger partial charge on any atom is -0.382 e. The summed E-state index contributed by atoms with van der Waals surface area (Å²) in [6, 6.07) is 16.1. The zero-order valence-electron chi connectivity index (χ0n) is 14.1. The highest BCUT2D eigenvalue weighted by Crippen LogP contribution is 2.33. The number of nitrogen functional groups attached to an aromatic ring is 1. The van der Waals surface area contributed by atoms with E-state index in [4.69, 9.17) is 22.3 Å². The Morgan fingerprint density at radius 2 is 1.92 bits per heavy atom. The first-order valence-corrected chi connectivity index (χ1v) is 9.25. The van der Waals surface area contributed by atoms with Crippen LogP contribution in [-0.4, -0.2) is 19.5 Å². The Bertz CT molecular complexity index is 1060. The molecule has 0 aliphatic carbocycles. The molecule has 4 rings (SSSR count). The SMILES string of the molecule is Cc1cc(Cl)cc(Sc2nc3c(N)ncnc3n2Cc2ccccc2)c1. The molecule has 4 aromatic rings. The molecule has 2 heterocycles. The van der Waals surface area contributed by atoms with Crippen LogP contribution in [0, 0.1) is 6.92 Å². The molecule has 2 aromatic carbocycles. The maximum absolute atomic E-state index is 6.21. The summed E-state index contributed by atoms with van der Waals surface area (Å²) >= 11 is 7.75. The molecule has 0 saturated heterocycles. The van der Waals surface area contributed by atoms with Crippen molar-refractivity contribution in [2.24, 2.45) is 0 Å². The van der Waals surface area contributed by atoms with Crippen molar-refractivity contribution < 1.29 is 0 Å². The number of aromatic nitrogens is 4. The fraction of sp³-hybridized carbons (Fsp3) is 0.105. The van der Waals surface area contributed by atoms with Gasteiger partial charge in [0, 0.05) is 9.92 Å². The van der Waals surface area contributed by atoms with Crippen molar-refractivity contribution >= 4 is 40.3 Å². The maximum Gasteiger partial charge on any atom is 0.175 e. The van der Waals surface area contributed by atoms with Crippen LogP contribution in [0.25, 0.3) is 11.2 Å². The molecule has 7 heteroatoms. The van der Waals surface area contributed by atoms with Crippen molar-refractivity contribution in [1.82, 2.24) is 19.5 Å². The number of fused-ring (bicyclic) bond motifs is 1. The Labute approximate surface area is 160 Å². The molecule has 0 amide bonds. The predicted octanol–water partition coefficient (Wildman–Crippen LogP) is 4.57. The standard InChI is InChI=1S/C19H16ClN5S/c1-12-7-14(20)9-15(8-12)26-19-24-16-17(21)22-11-23-18(16)25(19)10-13-5-3-2-4-6-13/h2-9,11H,10H2,1H3,(H2,21,22,23). The van der Waals surface area contributed by atoms with Gasteiger partial charge in [-0.1, -0.05) is 53.7 Å². The summed E-state index contributed by atoms with van der Waals surface area (Å²) in [5.74, 6) is 0.380. The lowest BCUT2D eigenvalue weighted by molar-refractivity contribution is 0.723. The van der Waals surface area contributed by atoms with Gasteiger partial charge in [0.05, 0.1) is 6.54 Å². The van der Waals surface area contributed by atoms with Gasteiger partial charge in [-0.3, -0.25) is 4.57 Å². The number of rotatable bonds is 4. The van der Waals surface area contributed by atoms with Crippen molar-refractivity contribution in [3.8, 4) is 0 Å². The third kappa shape index (κ3) is 3.38. The number of imidazole rings is 1. The first-order valence-electron chi connectivity index (χ1n) is 8.06. The van der Waals surface area contributed by atoms with Gasteiger partial charge in [0.15, 0.2) is 22.1 Å². The summed E-state index contributed by atoms with van der Waals surface area (Å²) in [5.41, 5.74) is 9.62. The first kappa shape index (κ1) is 16.9. The number of hydrogen-bond acceptors (Lipinski definition) is 5. The topological polar surface area (TPSA) is 69.6 Å². The summed E-state index contributed by atoms with van der Waals surface area (Å²) in [5, 5.41) is 1.51. The quantitative estimate of drug-likeness (QED) is 0.560. The molecule has 2 aromatic heterocycles. The summed E-state index contributed by atoms with van der Waals surface area (Å²) in [6.45, 7) is 2.67. The molecule has 0 bridgehead atoms. The van der Waals surface area contributed by atoms with Gasteiger partial charge in [-0.05, 0) is 36.2 Å². The molecule has 0 unspecified atom stereocenters. The van der Waals surface area contributed by atoms with E-state index in [0.29, 0.717) is 22.9 Å². The Morgan fingerprint density at radius 3 is 2.69 bits per heavy atom. The van der Waals surface area contributed by atoms with Crippen LogP contribution in [0.1, 0.15) is 11.1 Å². The number of hydrogen-bond donors (Lipinski definition) is 1. The number of aryl methyl sites for hydroxylation is 1. The third-order valence-corrected chi connectivity index (χ3v) is 5.12. The highest BCUT2D eigenvalue weighted by molar-refractivity contribution is 7.99. The van der Waals surface area contributed by atoms with Gasteiger partial charge < -0.3 is 5.73 Å². The fourth-order valence-corrected chi connectivity index (χ4v) is 4.18. The van der Waals surface area contributed by atoms with Gasteiger partial charge in [-0.25, -0.2) is 15.0 Å². The third-order valence-electron chi connectivity index (χ3n) is 3.93. The van der Waals surface area contributed by atoms with Crippen molar-refractivity contribution in [2.75, 3.05) is 5.73 Å². The second-order valence-electron chi connectivity index (χ2n) is 5.96. The van der Waals surface area contributed by atoms with Gasteiger partial charge >= 0.3 is 0 Å². The lowest BCUT2D eigenvalue weighted by Gasteiger charge is -2.09. The summed E-state index contributed by atoms with van der Waals surface area (Å²) < 4.78 is 2.06. The Kier molecular flexibility index (Phi) is 4.53. The minimum absolute atomic E-state index is 0.380. The Balaban J connectivity index is 1.82. The smallest absolute Gasteiger partial charge is 0.175 e. The van der Waals surface area contributed by atoms with E-state index in [1.165, 1.54) is 6.33 Å². The molecule has 2 N–H and O–H groups in total. The van der Waals surface area contributed by atoms with Crippen LogP contribution in [0.4, 0.5) is 5.82 Å². The monoisotopic (exact) mass is 381 g/mol. The van der Waals surface area contributed by atoms with Crippen LogP contribution in [-0.2, 0) is 6.54 Å². The van der Waals surface area contributed by atoms with Crippen molar-refractivity contribution in [3.63, 3.8) is 0 Å². The van der Waals surface area contributed by atoms with E-state index >= 15 is 0 Å². The minimum atomic E-state index is 0.380. The van der Waals surface area contributed by atoms with E-state index in [0.717, 1.165) is 26.8 Å². The molecule has 5 nitrogen and oxygen atoms in total. The lowest BCUT2D eigenvalue weighted by atomic mass is 10.2. The fourth-order valence-electron chi connectivity index (χ4n) is 2.79. The van der Waals surface area contributed by atoms with Gasteiger partial charge in [-0.15, -0.1) is 0 Å². The molecular formula is C19H16ClN5S. The van der Waals surface area contributed by atoms with E-state index in [1.54, 1.807) is 11.8 Å². The largest absolute Gasteiger partial charge is 0.382 e. The Morgan fingerprint density at radius 1 is 1.12 bits per heavy atom. The number of nitrogens with two attached hydrogens (primary N) is 1. The zero-order valence-corrected chi connectivity index (χ0v) is 15.6. The predicted molar refractivity (Wildman–Crippen MR) is 106 cm³/mol. The molecule has 0 saturated carbocycles. The maximum atomic E-state index is 6.21. The van der Waals surface area contributed by atoms with Crippen LogP contribution in [0.5, 0.6) is 0 Å². The zero-order chi connectivity index (χ0) is 18.1. The van der Waals surface area contributed by atoms with E-state index in [-0.39, 0.29) is 0 Å². The molecule has 0 spiro atoms. The molecule has 0 aliphatic heterocycles. The van der Waals surface area contributed by atoms with Gasteiger partial charge in [0.2, 0.25) is 0 Å². The first-order chi connectivity index (χ1) is 12.6. The summed E-state index contributed by atoms with van der Waals surface area (Å²) in [6.07, 6.45) is 1.47. The van der Waals surface area contributed by atoms with Crippen molar-refractivity contribution in [2.45, 2.75) is 23.5 Å². The second kappa shape index (κ2) is 6.97. The average molecular weight is 382 g/mol. The summed E-state index contributed by atoms with van der Waals surface area (Å²) in [7, 11) is 0. The van der Waals surface area contributed by atoms with Crippen LogP contribution < -0.4 is 5.73 Å².